The first-order valence-corrected chi connectivity index (χ1v) is 17.5. The average Bonchev–Trinajstić information content (AvgIpc) is 3.19. The first-order valence-electron chi connectivity index (χ1n) is 21.5. The van der Waals surface area contributed by atoms with Crippen LogP contribution < -0.4 is 16.4 Å². The Morgan fingerprint density at radius 3 is 1.54 bits per heavy atom. The molecule has 0 saturated heterocycles. The normalized spacial score (nSPS) is 11.1. The average molecular weight is 739 g/mol. The number of nitrogens with one attached hydrogen (secondary N) is 2. The third-order valence-electron chi connectivity index (χ3n) is 7.02. The monoisotopic (exact) mass is 739 g/mol. The Morgan fingerprint density at radius 2 is 1.14 bits per heavy atom. The lowest BCUT2D eigenvalue weighted by Gasteiger charge is -2.21. The molecule has 0 aliphatic heterocycles. The highest BCUT2D eigenvalue weighted by atomic mass is 16.5. The molecule has 310 valence electrons. The summed E-state index contributed by atoms with van der Waals surface area (Å²) in [6, 6.07) is -0.142. The molecule has 2 amide bonds. The van der Waals surface area contributed by atoms with Gasteiger partial charge in [-0.15, -0.1) is 0 Å². The van der Waals surface area contributed by atoms with E-state index in [1.807, 2.05) is 13.8 Å². The lowest BCUT2D eigenvalue weighted by molar-refractivity contribution is -0.144. The molecule has 50 heavy (non-hydrogen) atoms. The molecule has 0 rings (SSSR count). The molecule has 0 spiro atoms. The van der Waals surface area contributed by atoms with Gasteiger partial charge in [-0.3, -0.25) is 19.4 Å². The highest BCUT2D eigenvalue weighted by Crippen LogP contribution is 2.22. The number of hydrogen-bond donors (Lipinski definition) is 5. The summed E-state index contributed by atoms with van der Waals surface area (Å²) < 4.78 is 49.6. The summed E-state index contributed by atoms with van der Waals surface area (Å²) in [4.78, 5) is 47.2. The molecule has 0 aromatic carbocycles. The number of aliphatic imine (C=N–C) groups is 1. The molecule has 0 saturated carbocycles. The first-order chi connectivity index (χ1) is 26.3. The standard InChI is InChI=1S/C17H34N2O4.C10H17NO3.C8H19NO.3CH4.4H2/c1-4-23-15(21)10-6-5-8-12-18-16(22)19-13-9-7-11-17(2,3)14-20;1-2-14-10(13)6-4-3-5-7-11-8-9-12;1-8(2,7-10)5-3-4-6-9;;;;;;;/h20H,4-14H2,1-3H3,(H2,18,19,22);8-9H,2-7H2,1H3;10H,3-7,9H2,1-2H3;3*1H4;4*1H/i;;;;;;4*1+1D. The summed E-state index contributed by atoms with van der Waals surface area (Å²) in [6.45, 7) is 15.8. The molecular weight excluding hydrogens is 640 g/mol. The van der Waals surface area contributed by atoms with Crippen molar-refractivity contribution in [3.63, 3.8) is 0 Å². The molecule has 0 aliphatic carbocycles. The van der Waals surface area contributed by atoms with E-state index in [4.69, 9.17) is 37.3 Å². The fourth-order valence-electron chi connectivity index (χ4n) is 3.91. The molecule has 0 unspecified atom stereocenters. The second kappa shape index (κ2) is 42.6. The molecule has 6 N–H and O–H groups in total. The van der Waals surface area contributed by atoms with Crippen molar-refractivity contribution in [2.45, 2.75) is 154 Å². The highest BCUT2D eigenvalue weighted by Gasteiger charge is 2.15. The molecule has 0 bridgehead atoms. The number of nitrogens with two attached hydrogens (primary N) is 1. The van der Waals surface area contributed by atoms with E-state index in [9.17, 15) is 19.2 Å². The van der Waals surface area contributed by atoms with Crippen LogP contribution in [0.4, 0.5) is 4.79 Å². The van der Waals surface area contributed by atoms with Crippen LogP contribution in [0.1, 0.15) is 166 Å². The Bertz CT molecular complexity index is 826. The van der Waals surface area contributed by atoms with Gasteiger partial charge in [0, 0.05) is 57.6 Å². The number of esters is 2. The largest absolute Gasteiger partial charge is 0.466 e. The first kappa shape index (κ1) is 49.5. The molecule has 0 aliphatic rings. The second-order valence-electron chi connectivity index (χ2n) is 13.0. The van der Waals surface area contributed by atoms with E-state index < -0.39 is 0 Å². The van der Waals surface area contributed by atoms with Gasteiger partial charge >= 0.3 is 18.0 Å². The molecule has 12 heteroatoms. The topological polar surface area (TPSA) is 190 Å². The van der Waals surface area contributed by atoms with Crippen molar-refractivity contribution in [1.29, 1.82) is 0 Å². The van der Waals surface area contributed by atoms with Gasteiger partial charge in [-0.25, -0.2) is 4.79 Å². The van der Waals surface area contributed by atoms with E-state index in [0.717, 1.165) is 83.6 Å². The van der Waals surface area contributed by atoms with Gasteiger partial charge in [0.15, 0.2) is 6.29 Å². The summed E-state index contributed by atoms with van der Waals surface area (Å²) in [6.07, 6.45) is 14.2. The van der Waals surface area contributed by atoms with Crippen molar-refractivity contribution < 1.29 is 50.7 Å². The van der Waals surface area contributed by atoms with Crippen LogP contribution in [0.15, 0.2) is 4.99 Å². The number of unbranched alkanes of at least 4 members (excludes halogenated alkanes) is 6. The van der Waals surface area contributed by atoms with Gasteiger partial charge in [0.25, 0.3) is 0 Å². The smallest absolute Gasteiger partial charge is 0.314 e. The summed E-state index contributed by atoms with van der Waals surface area (Å²) in [7, 11) is 0. The van der Waals surface area contributed by atoms with Crippen molar-refractivity contribution >= 4 is 30.5 Å². The summed E-state index contributed by atoms with van der Waals surface area (Å²) in [5, 5.41) is 23.6. The van der Waals surface area contributed by atoms with Crippen LogP contribution in [-0.2, 0) is 23.9 Å². The number of amides is 2. The number of aliphatic hydroxyl groups is 2. The summed E-state index contributed by atoms with van der Waals surface area (Å²) in [5.41, 5.74) is 5.39. The van der Waals surface area contributed by atoms with Crippen LogP contribution in [0, 0.1) is 10.8 Å². The number of hydrogen-bond acceptors (Lipinski definition) is 10. The fourth-order valence-corrected chi connectivity index (χ4v) is 3.91. The third kappa shape index (κ3) is 49.8. The molecule has 0 aromatic rings. The highest BCUT2D eigenvalue weighted by molar-refractivity contribution is 6.12. The Labute approximate surface area is 319 Å². The van der Waals surface area contributed by atoms with Crippen LogP contribution in [-0.4, -0.2) is 93.3 Å². The Hall–Kier alpha value is -2.57. The number of ether oxygens (including phenoxy) is 2. The van der Waals surface area contributed by atoms with Crippen molar-refractivity contribution in [2.24, 2.45) is 21.6 Å². The number of nitrogens with zero attached hydrogens (tertiary/aromatic N) is 1. The minimum absolute atomic E-state index is 0. The van der Waals surface area contributed by atoms with Gasteiger partial charge in [-0.1, -0.05) is 75.7 Å². The number of aldehydes is 1. The maximum atomic E-state index is 11.5. The number of carbonyl (C=O) groups is 4. The van der Waals surface area contributed by atoms with Crippen LogP contribution >= 0.6 is 0 Å². The molecule has 0 aromatic heterocycles. The lowest BCUT2D eigenvalue weighted by Crippen LogP contribution is -2.36. The zero-order valence-corrected chi connectivity index (χ0v) is 30.6. The number of aliphatic hydroxyl groups excluding tert-OH is 2. The van der Waals surface area contributed by atoms with Gasteiger partial charge in [0.1, 0.15) is 0 Å². The summed E-state index contributed by atoms with van der Waals surface area (Å²) >= 11 is 0. The van der Waals surface area contributed by atoms with Crippen LogP contribution in [0.2, 0.25) is 0 Å². The van der Waals surface area contributed by atoms with Crippen molar-refractivity contribution in [3.8, 4) is 0 Å². The molecule has 0 atom stereocenters. The van der Waals surface area contributed by atoms with E-state index in [1.54, 1.807) is 13.8 Å². The maximum Gasteiger partial charge on any atom is 0.314 e. The SMILES string of the molecule is C.C.C.CC(C)(CO)CCCCN.CCOC(=O)CCCCCN=CC=O.CCOC(=O)CCCCCNC(=O)NCCCCC(C)(C)CO.[2H][2H].[2H][2H].[2H][2H].[2H][2H]. The second-order valence-corrected chi connectivity index (χ2v) is 13.0. The minimum Gasteiger partial charge on any atom is -0.466 e. The molecule has 0 radical (unpaired) electrons. The molecular formula is C38H90N4O8. The quantitative estimate of drug-likeness (QED) is 0.0253. The van der Waals surface area contributed by atoms with Crippen molar-refractivity contribution in [2.75, 3.05) is 52.6 Å². The minimum atomic E-state index is -0.150. The lowest BCUT2D eigenvalue weighted by atomic mass is 9.88. The predicted octanol–water partition coefficient (Wildman–Crippen LogP) is 8.00. The zero-order chi connectivity index (χ0) is 44.2. The van der Waals surface area contributed by atoms with Gasteiger partial charge in [-0.2, -0.15) is 0 Å². The Morgan fingerprint density at radius 1 is 0.720 bits per heavy atom. The van der Waals surface area contributed by atoms with Gasteiger partial charge < -0.3 is 36.1 Å². The predicted molar refractivity (Wildman–Crippen MR) is 218 cm³/mol. The van der Waals surface area contributed by atoms with Gasteiger partial charge in [0.05, 0.1) is 19.4 Å². The van der Waals surface area contributed by atoms with Gasteiger partial charge in [-0.05, 0) is 82.6 Å². The van der Waals surface area contributed by atoms with Crippen LogP contribution in [0.3, 0.4) is 0 Å². The number of rotatable bonds is 26. The van der Waals surface area contributed by atoms with E-state index >= 15 is 0 Å². The maximum absolute atomic E-state index is 11.5. The molecule has 0 fully saturated rings. The van der Waals surface area contributed by atoms with Crippen LogP contribution in [0.5, 0.6) is 0 Å². The van der Waals surface area contributed by atoms with E-state index in [-0.39, 0.29) is 64.3 Å². The molecule has 12 nitrogen and oxygen atoms in total. The fraction of sp³-hybridized carbons (Fsp3) is 0.868. The molecule has 0 heterocycles. The van der Waals surface area contributed by atoms with Crippen molar-refractivity contribution in [3.05, 3.63) is 0 Å². The number of urea groups is 1. The van der Waals surface area contributed by atoms with Crippen molar-refractivity contribution in [1.82, 2.24) is 10.6 Å². The Balaban J connectivity index is -0.0000000710. The zero-order valence-electron chi connectivity index (χ0n) is 38.6. The van der Waals surface area contributed by atoms with Crippen LogP contribution in [0.25, 0.3) is 0 Å². The third-order valence-corrected chi connectivity index (χ3v) is 7.02. The number of carbonyl (C=O) groups excluding carboxylic acids is 4. The Kier molecular flexibility index (Phi) is 42.2. The summed E-state index contributed by atoms with van der Waals surface area (Å²) in [5.74, 6) is -0.286. The van der Waals surface area contributed by atoms with E-state index in [0.29, 0.717) is 52.0 Å². The van der Waals surface area contributed by atoms with E-state index in [1.165, 1.54) is 6.21 Å². The van der Waals surface area contributed by atoms with E-state index in [2.05, 4.69) is 29.5 Å². The van der Waals surface area contributed by atoms with Gasteiger partial charge in [0.2, 0.25) is 0 Å².